The molecule has 3 atom stereocenters. The van der Waals surface area contributed by atoms with Gasteiger partial charge in [0.1, 0.15) is 0 Å². The van der Waals surface area contributed by atoms with Crippen molar-refractivity contribution in [2.75, 3.05) is 6.61 Å². The molecule has 0 aromatic heterocycles. The number of rotatable bonds is 1. The van der Waals surface area contributed by atoms with Crippen LogP contribution in [0.1, 0.15) is 25.7 Å². The van der Waals surface area contributed by atoms with E-state index >= 15 is 0 Å². The molecule has 3 fully saturated rings. The first kappa shape index (κ1) is 7.80. The van der Waals surface area contributed by atoms with Crippen molar-refractivity contribution in [1.29, 1.82) is 0 Å². The monoisotopic (exact) mass is 181 g/mol. The zero-order valence-electron chi connectivity index (χ0n) is 7.66. The lowest BCUT2D eigenvalue weighted by Crippen LogP contribution is -2.32. The van der Waals surface area contributed by atoms with Crippen molar-refractivity contribution >= 4 is 5.91 Å². The van der Waals surface area contributed by atoms with Crippen molar-refractivity contribution in [3.05, 3.63) is 0 Å². The second kappa shape index (κ2) is 2.27. The first-order chi connectivity index (χ1) is 6.25. The molecule has 3 nitrogen and oxygen atoms in total. The SMILES string of the molecule is NC(=O)C1C2COC3(CCCC3)C21. The first-order valence-corrected chi connectivity index (χ1v) is 5.18. The van der Waals surface area contributed by atoms with Gasteiger partial charge in [0.25, 0.3) is 0 Å². The van der Waals surface area contributed by atoms with Crippen LogP contribution in [-0.2, 0) is 9.53 Å². The van der Waals surface area contributed by atoms with Crippen LogP contribution in [0.3, 0.4) is 0 Å². The van der Waals surface area contributed by atoms with E-state index in [1.54, 1.807) is 0 Å². The summed E-state index contributed by atoms with van der Waals surface area (Å²) in [5, 5.41) is 0. The van der Waals surface area contributed by atoms with E-state index in [0.717, 1.165) is 19.4 Å². The summed E-state index contributed by atoms with van der Waals surface area (Å²) < 4.78 is 5.84. The number of nitrogens with two attached hydrogens (primary N) is 1. The molecule has 3 heteroatoms. The van der Waals surface area contributed by atoms with Crippen LogP contribution in [0, 0.1) is 17.8 Å². The van der Waals surface area contributed by atoms with E-state index in [1.165, 1.54) is 12.8 Å². The molecule has 0 bridgehead atoms. The van der Waals surface area contributed by atoms with Gasteiger partial charge in [-0.3, -0.25) is 4.79 Å². The Kier molecular flexibility index (Phi) is 1.36. The highest BCUT2D eigenvalue weighted by Gasteiger charge is 2.68. The van der Waals surface area contributed by atoms with Crippen LogP contribution in [-0.4, -0.2) is 18.1 Å². The average Bonchev–Trinajstić information content (AvgIpc) is 2.49. The molecule has 0 aromatic carbocycles. The number of carbonyl (C=O) groups is 1. The maximum absolute atomic E-state index is 11.1. The van der Waals surface area contributed by atoms with Crippen LogP contribution < -0.4 is 5.73 Å². The van der Waals surface area contributed by atoms with Gasteiger partial charge in [-0.2, -0.15) is 0 Å². The van der Waals surface area contributed by atoms with Crippen molar-refractivity contribution in [3.63, 3.8) is 0 Å². The first-order valence-electron chi connectivity index (χ1n) is 5.18. The maximum atomic E-state index is 11.1. The topological polar surface area (TPSA) is 52.3 Å². The summed E-state index contributed by atoms with van der Waals surface area (Å²) in [4.78, 5) is 11.1. The summed E-state index contributed by atoms with van der Waals surface area (Å²) in [5.74, 6) is 0.986. The number of ether oxygens (including phenoxy) is 1. The molecule has 2 saturated carbocycles. The highest BCUT2D eigenvalue weighted by Crippen LogP contribution is 2.63. The van der Waals surface area contributed by atoms with Gasteiger partial charge in [0.05, 0.1) is 12.2 Å². The fraction of sp³-hybridized carbons (Fsp3) is 0.900. The van der Waals surface area contributed by atoms with Crippen molar-refractivity contribution < 1.29 is 9.53 Å². The third-order valence-corrected chi connectivity index (χ3v) is 4.12. The second-order valence-electron chi connectivity index (χ2n) is 4.70. The minimum atomic E-state index is -0.107. The number of primary amides is 1. The predicted octanol–water partition coefficient (Wildman–Crippen LogP) is 0.677. The molecule has 72 valence electrons. The Bertz CT molecular complexity index is 252. The summed E-state index contributed by atoms with van der Waals surface area (Å²) in [7, 11) is 0. The third kappa shape index (κ3) is 0.857. The van der Waals surface area contributed by atoms with Crippen LogP contribution in [0.15, 0.2) is 0 Å². The van der Waals surface area contributed by atoms with E-state index in [-0.39, 0.29) is 17.4 Å². The Morgan fingerprint density at radius 2 is 2.08 bits per heavy atom. The third-order valence-electron chi connectivity index (χ3n) is 4.12. The number of amides is 1. The molecule has 0 aromatic rings. The van der Waals surface area contributed by atoms with Crippen molar-refractivity contribution in [3.8, 4) is 0 Å². The van der Waals surface area contributed by atoms with Gasteiger partial charge < -0.3 is 10.5 Å². The molecule has 2 aliphatic carbocycles. The second-order valence-corrected chi connectivity index (χ2v) is 4.70. The summed E-state index contributed by atoms with van der Waals surface area (Å²) in [6.07, 6.45) is 4.82. The Balaban J connectivity index is 1.83. The minimum Gasteiger partial charge on any atom is -0.374 e. The van der Waals surface area contributed by atoms with Gasteiger partial charge in [-0.15, -0.1) is 0 Å². The maximum Gasteiger partial charge on any atom is 0.221 e. The lowest BCUT2D eigenvalue weighted by atomic mass is 9.94. The van der Waals surface area contributed by atoms with Crippen LogP contribution in [0.2, 0.25) is 0 Å². The quantitative estimate of drug-likeness (QED) is 0.646. The van der Waals surface area contributed by atoms with E-state index in [0.29, 0.717) is 11.8 Å². The molecular formula is C10H15NO2. The van der Waals surface area contributed by atoms with Crippen molar-refractivity contribution in [2.45, 2.75) is 31.3 Å². The van der Waals surface area contributed by atoms with Gasteiger partial charge in [-0.25, -0.2) is 0 Å². The molecule has 13 heavy (non-hydrogen) atoms. The number of hydrogen-bond acceptors (Lipinski definition) is 2. The molecule has 1 saturated heterocycles. The summed E-state index contributed by atoms with van der Waals surface area (Å²) in [5.41, 5.74) is 5.42. The van der Waals surface area contributed by atoms with Crippen LogP contribution >= 0.6 is 0 Å². The van der Waals surface area contributed by atoms with Crippen molar-refractivity contribution in [2.24, 2.45) is 23.5 Å². The van der Waals surface area contributed by atoms with Gasteiger partial charge in [0.15, 0.2) is 0 Å². The minimum absolute atomic E-state index is 0.0738. The highest BCUT2D eigenvalue weighted by molar-refractivity contribution is 5.81. The number of fused-ring (bicyclic) bond motifs is 2. The Morgan fingerprint density at radius 1 is 1.38 bits per heavy atom. The zero-order chi connectivity index (χ0) is 9.05. The van der Waals surface area contributed by atoms with Crippen LogP contribution in [0.5, 0.6) is 0 Å². The van der Waals surface area contributed by atoms with Gasteiger partial charge >= 0.3 is 0 Å². The molecule has 0 radical (unpaired) electrons. The molecule has 2 N–H and O–H groups in total. The number of carbonyl (C=O) groups excluding carboxylic acids is 1. The molecule has 3 rings (SSSR count). The van der Waals surface area contributed by atoms with Gasteiger partial charge in [-0.05, 0) is 12.8 Å². The van der Waals surface area contributed by atoms with Gasteiger partial charge in [-0.1, -0.05) is 12.8 Å². The van der Waals surface area contributed by atoms with E-state index in [1.807, 2.05) is 0 Å². The highest BCUT2D eigenvalue weighted by atomic mass is 16.5. The Hall–Kier alpha value is -0.570. The molecule has 1 amide bonds. The summed E-state index contributed by atoms with van der Waals surface area (Å²) in [6, 6.07) is 0. The fourth-order valence-corrected chi connectivity index (χ4v) is 3.50. The van der Waals surface area contributed by atoms with E-state index in [9.17, 15) is 4.79 Å². The van der Waals surface area contributed by atoms with Gasteiger partial charge in [0.2, 0.25) is 5.91 Å². The summed E-state index contributed by atoms with van der Waals surface area (Å²) in [6.45, 7) is 0.776. The molecular weight excluding hydrogens is 166 g/mol. The standard InChI is InChI=1S/C10H15NO2/c11-9(12)7-6-5-13-10(8(6)7)3-1-2-4-10/h6-8H,1-5H2,(H2,11,12). The smallest absolute Gasteiger partial charge is 0.221 e. The largest absolute Gasteiger partial charge is 0.374 e. The van der Waals surface area contributed by atoms with Crippen molar-refractivity contribution in [1.82, 2.24) is 0 Å². The Labute approximate surface area is 77.6 Å². The average molecular weight is 181 g/mol. The van der Waals surface area contributed by atoms with Crippen LogP contribution in [0.4, 0.5) is 0 Å². The van der Waals surface area contributed by atoms with E-state index in [2.05, 4.69) is 0 Å². The molecule has 3 unspecified atom stereocenters. The summed E-state index contributed by atoms with van der Waals surface area (Å²) >= 11 is 0. The predicted molar refractivity (Wildman–Crippen MR) is 46.8 cm³/mol. The number of hydrogen-bond donors (Lipinski definition) is 1. The lowest BCUT2D eigenvalue weighted by molar-refractivity contribution is -0.122. The molecule has 1 spiro atoms. The Morgan fingerprint density at radius 3 is 2.62 bits per heavy atom. The zero-order valence-corrected chi connectivity index (χ0v) is 7.66. The lowest BCUT2D eigenvalue weighted by Gasteiger charge is -2.26. The van der Waals surface area contributed by atoms with E-state index < -0.39 is 0 Å². The van der Waals surface area contributed by atoms with E-state index in [4.69, 9.17) is 10.5 Å². The molecule has 1 heterocycles. The molecule has 1 aliphatic heterocycles. The molecule has 3 aliphatic rings. The van der Waals surface area contributed by atoms with Crippen LogP contribution in [0.25, 0.3) is 0 Å². The van der Waals surface area contributed by atoms with Gasteiger partial charge in [0, 0.05) is 17.8 Å². The fourth-order valence-electron chi connectivity index (χ4n) is 3.50. The normalized spacial score (nSPS) is 45.1.